The van der Waals surface area contributed by atoms with Gasteiger partial charge in [0.05, 0.1) is 17.0 Å². The van der Waals surface area contributed by atoms with Crippen LogP contribution < -0.4 is 16.4 Å². The Kier molecular flexibility index (Phi) is 6.21. The molecule has 0 spiro atoms. The van der Waals surface area contributed by atoms with Crippen LogP contribution in [0.15, 0.2) is 89.9 Å². The van der Waals surface area contributed by atoms with Crippen molar-refractivity contribution in [2.24, 2.45) is 0 Å². The third kappa shape index (κ3) is 4.43. The zero-order valence-electron chi connectivity index (χ0n) is 20.2. The van der Waals surface area contributed by atoms with Gasteiger partial charge in [0.25, 0.3) is 11.5 Å². The molecule has 3 aromatic heterocycles. The highest BCUT2D eigenvalue weighted by Gasteiger charge is 2.19. The van der Waals surface area contributed by atoms with Gasteiger partial charge in [-0.3, -0.25) is 19.4 Å². The van der Waals surface area contributed by atoms with Crippen LogP contribution in [0.4, 0.5) is 0 Å². The van der Waals surface area contributed by atoms with E-state index in [0.29, 0.717) is 29.6 Å². The van der Waals surface area contributed by atoms with Crippen molar-refractivity contribution in [1.29, 1.82) is 5.41 Å². The minimum Gasteiger partial charge on any atom is -0.345 e. The summed E-state index contributed by atoms with van der Waals surface area (Å²) < 4.78 is 3.17. The van der Waals surface area contributed by atoms with Crippen molar-refractivity contribution in [2.75, 3.05) is 0 Å². The van der Waals surface area contributed by atoms with Gasteiger partial charge in [-0.15, -0.1) is 0 Å². The van der Waals surface area contributed by atoms with Gasteiger partial charge < -0.3 is 9.88 Å². The van der Waals surface area contributed by atoms with Crippen molar-refractivity contribution in [3.8, 4) is 0 Å². The van der Waals surface area contributed by atoms with Gasteiger partial charge in [-0.1, -0.05) is 66.7 Å². The van der Waals surface area contributed by atoms with Crippen molar-refractivity contribution in [3.63, 3.8) is 0 Å². The first-order chi connectivity index (χ1) is 17.4. The van der Waals surface area contributed by atoms with E-state index in [4.69, 9.17) is 10.4 Å². The van der Waals surface area contributed by atoms with E-state index in [1.165, 1.54) is 10.5 Å². The summed E-state index contributed by atoms with van der Waals surface area (Å²) in [5.74, 6) is -0.402. The Hall–Kier alpha value is -4.52. The van der Waals surface area contributed by atoms with Crippen LogP contribution >= 0.6 is 0 Å². The third-order valence-corrected chi connectivity index (χ3v) is 6.41. The number of nitrogens with one attached hydrogen (secondary N) is 2. The van der Waals surface area contributed by atoms with Crippen LogP contribution in [-0.4, -0.2) is 19.9 Å². The average molecular weight is 478 g/mol. The summed E-state index contributed by atoms with van der Waals surface area (Å²) in [6.45, 7) is 4.21. The number of aryl methyl sites for hydroxylation is 3. The quantitative estimate of drug-likeness (QED) is 0.360. The molecule has 7 nitrogen and oxygen atoms in total. The highest BCUT2D eigenvalue weighted by atomic mass is 16.2. The Bertz CT molecular complexity index is 1690. The summed E-state index contributed by atoms with van der Waals surface area (Å²) in [5.41, 5.74) is 3.78. The molecule has 0 saturated heterocycles. The zero-order chi connectivity index (χ0) is 25.2. The maximum absolute atomic E-state index is 13.5. The Morgan fingerprint density at radius 1 is 1.03 bits per heavy atom. The van der Waals surface area contributed by atoms with Gasteiger partial charge in [0.15, 0.2) is 0 Å². The molecule has 0 aliphatic rings. The molecule has 180 valence electrons. The standard InChI is InChI=1S/C29H27N5O2/c1-19-13-14-25-32-27-24(29(36)34(25)18-19)17-23(28(35)31-20(2)22-11-7-4-8-12-22)26(30)33(27)16-15-21-9-5-3-6-10-21/h3-14,17-18,20,30H,15-16H2,1-2H3,(H,31,35)/t20-/m1/s1. The van der Waals surface area contributed by atoms with E-state index in [1.54, 1.807) is 16.8 Å². The van der Waals surface area contributed by atoms with E-state index in [-0.39, 0.29) is 22.7 Å². The molecule has 0 bridgehead atoms. The first-order valence-electron chi connectivity index (χ1n) is 11.9. The molecule has 0 saturated carbocycles. The highest BCUT2D eigenvalue weighted by Crippen LogP contribution is 2.15. The van der Waals surface area contributed by atoms with Gasteiger partial charge in [0.1, 0.15) is 16.8 Å². The average Bonchev–Trinajstić information content (AvgIpc) is 2.89. The fourth-order valence-corrected chi connectivity index (χ4v) is 4.42. The number of rotatable bonds is 6. The van der Waals surface area contributed by atoms with Gasteiger partial charge in [-0.25, -0.2) is 4.98 Å². The number of amides is 1. The van der Waals surface area contributed by atoms with Crippen LogP contribution in [0.3, 0.4) is 0 Å². The predicted molar refractivity (Wildman–Crippen MR) is 140 cm³/mol. The first-order valence-corrected chi connectivity index (χ1v) is 11.9. The lowest BCUT2D eigenvalue weighted by Gasteiger charge is -2.17. The molecule has 0 radical (unpaired) electrons. The van der Waals surface area contributed by atoms with Crippen LogP contribution in [0.5, 0.6) is 0 Å². The Balaban J connectivity index is 1.65. The smallest absolute Gasteiger partial charge is 0.267 e. The van der Waals surface area contributed by atoms with Crippen LogP contribution in [0.2, 0.25) is 0 Å². The molecule has 3 heterocycles. The monoisotopic (exact) mass is 477 g/mol. The summed E-state index contributed by atoms with van der Waals surface area (Å²) in [6, 6.07) is 24.5. The number of aromatic nitrogens is 3. The lowest BCUT2D eigenvalue weighted by atomic mass is 10.1. The van der Waals surface area contributed by atoms with Gasteiger partial charge in [-0.2, -0.15) is 0 Å². The maximum Gasteiger partial charge on any atom is 0.267 e. The van der Waals surface area contributed by atoms with Crippen molar-refractivity contribution < 1.29 is 4.79 Å². The number of carbonyl (C=O) groups is 1. The molecule has 0 aliphatic heterocycles. The van der Waals surface area contributed by atoms with Gasteiger partial charge in [-0.05, 0) is 49.1 Å². The van der Waals surface area contributed by atoms with E-state index in [1.807, 2.05) is 80.6 Å². The molecule has 0 fully saturated rings. The zero-order valence-corrected chi connectivity index (χ0v) is 20.2. The first kappa shape index (κ1) is 23.2. The number of nitrogens with zero attached hydrogens (tertiary/aromatic N) is 3. The number of benzene rings is 2. The number of pyridine rings is 2. The Morgan fingerprint density at radius 2 is 1.72 bits per heavy atom. The summed E-state index contributed by atoms with van der Waals surface area (Å²) in [7, 11) is 0. The van der Waals surface area contributed by atoms with E-state index in [9.17, 15) is 9.59 Å². The molecule has 36 heavy (non-hydrogen) atoms. The summed E-state index contributed by atoms with van der Waals surface area (Å²) in [4.78, 5) is 31.6. The number of hydrogen-bond acceptors (Lipinski definition) is 4. The maximum atomic E-state index is 13.5. The van der Waals surface area contributed by atoms with Gasteiger partial charge >= 0.3 is 0 Å². The third-order valence-electron chi connectivity index (χ3n) is 6.41. The molecule has 2 aromatic carbocycles. The second kappa shape index (κ2) is 9.62. The van der Waals surface area contributed by atoms with E-state index >= 15 is 0 Å². The van der Waals surface area contributed by atoms with Gasteiger partial charge in [0, 0.05) is 12.7 Å². The SMILES string of the molecule is Cc1ccc2nc3c(cc(C(=O)N[C@H](C)c4ccccc4)c(=N)n3CCc3ccccc3)c(=O)n2c1. The van der Waals surface area contributed by atoms with Crippen LogP contribution in [-0.2, 0) is 13.0 Å². The van der Waals surface area contributed by atoms with Crippen LogP contribution in [0, 0.1) is 12.3 Å². The van der Waals surface area contributed by atoms with E-state index in [2.05, 4.69) is 5.32 Å². The topological polar surface area (TPSA) is 92.2 Å². The van der Waals surface area contributed by atoms with Crippen molar-refractivity contribution in [2.45, 2.75) is 32.9 Å². The molecule has 5 aromatic rings. The number of carbonyl (C=O) groups excluding carboxylic acids is 1. The molecular formula is C29H27N5O2. The van der Waals surface area contributed by atoms with E-state index < -0.39 is 5.91 Å². The molecule has 0 unspecified atom stereocenters. The second-order valence-electron chi connectivity index (χ2n) is 8.99. The lowest BCUT2D eigenvalue weighted by molar-refractivity contribution is 0.0937. The summed E-state index contributed by atoms with van der Waals surface area (Å²) in [5, 5.41) is 12.2. The Labute approximate surface area is 208 Å². The number of fused-ring (bicyclic) bond motifs is 2. The van der Waals surface area contributed by atoms with Crippen molar-refractivity contribution in [3.05, 3.63) is 123 Å². The predicted octanol–water partition coefficient (Wildman–Crippen LogP) is 4.17. The molecule has 7 heteroatoms. The molecule has 2 N–H and O–H groups in total. The normalized spacial score (nSPS) is 12.1. The van der Waals surface area contributed by atoms with Crippen LogP contribution in [0.1, 0.15) is 40.0 Å². The molecule has 5 rings (SSSR count). The molecule has 1 amide bonds. The fraction of sp³-hybridized carbons (Fsp3) is 0.172. The second-order valence-corrected chi connectivity index (χ2v) is 8.99. The van der Waals surface area contributed by atoms with Crippen molar-refractivity contribution >= 4 is 22.6 Å². The lowest BCUT2D eigenvalue weighted by Crippen LogP contribution is -2.36. The molecule has 1 atom stereocenters. The molecule has 0 aliphatic carbocycles. The fourth-order valence-electron chi connectivity index (χ4n) is 4.42. The summed E-state index contributed by atoms with van der Waals surface area (Å²) >= 11 is 0. The highest BCUT2D eigenvalue weighted by molar-refractivity contribution is 5.97. The minimum atomic E-state index is -0.402. The number of hydrogen-bond donors (Lipinski definition) is 2. The van der Waals surface area contributed by atoms with Crippen molar-refractivity contribution in [1.82, 2.24) is 19.3 Å². The largest absolute Gasteiger partial charge is 0.345 e. The Morgan fingerprint density at radius 3 is 2.44 bits per heavy atom. The van der Waals surface area contributed by atoms with Crippen LogP contribution in [0.25, 0.3) is 16.7 Å². The minimum absolute atomic E-state index is 0.0274. The summed E-state index contributed by atoms with van der Waals surface area (Å²) in [6.07, 6.45) is 2.37. The van der Waals surface area contributed by atoms with Gasteiger partial charge in [0.2, 0.25) is 0 Å². The van der Waals surface area contributed by atoms with E-state index in [0.717, 1.165) is 16.7 Å². The molecular weight excluding hydrogens is 450 g/mol.